The third-order valence-electron chi connectivity index (χ3n) is 7.84. The van der Waals surface area contributed by atoms with Gasteiger partial charge in [-0.25, -0.2) is 8.42 Å². The molecule has 0 aromatic heterocycles. The zero-order valence-electron chi connectivity index (χ0n) is 20.4. The van der Waals surface area contributed by atoms with E-state index in [0.717, 1.165) is 63.2 Å². The van der Waals surface area contributed by atoms with Crippen LogP contribution in [0.15, 0.2) is 53.4 Å². The molecule has 0 spiro atoms. The van der Waals surface area contributed by atoms with E-state index in [4.69, 9.17) is 4.74 Å². The molecule has 0 bridgehead atoms. The van der Waals surface area contributed by atoms with Crippen molar-refractivity contribution < 1.29 is 17.9 Å². The van der Waals surface area contributed by atoms with E-state index in [1.54, 1.807) is 18.2 Å². The number of nitrogens with one attached hydrogen (secondary N) is 1. The van der Waals surface area contributed by atoms with Gasteiger partial charge >= 0.3 is 0 Å². The van der Waals surface area contributed by atoms with Crippen molar-refractivity contribution in [2.24, 2.45) is 0 Å². The van der Waals surface area contributed by atoms with Crippen molar-refractivity contribution in [3.05, 3.63) is 59.7 Å². The van der Waals surface area contributed by atoms with Crippen molar-refractivity contribution >= 4 is 21.6 Å². The van der Waals surface area contributed by atoms with Crippen LogP contribution in [-0.2, 0) is 21.2 Å². The number of ether oxygens (including phenoxy) is 1. The fourth-order valence-electron chi connectivity index (χ4n) is 6.01. The number of fused-ring (bicyclic) bond motifs is 1. The summed E-state index contributed by atoms with van der Waals surface area (Å²) >= 11 is 0. The Bertz CT molecular complexity index is 1170. The second kappa shape index (κ2) is 9.91. The summed E-state index contributed by atoms with van der Waals surface area (Å²) < 4.78 is 34.3. The van der Waals surface area contributed by atoms with Crippen LogP contribution in [0.5, 0.6) is 0 Å². The molecule has 8 heteroatoms. The van der Waals surface area contributed by atoms with Crippen LogP contribution in [0, 0.1) is 0 Å². The van der Waals surface area contributed by atoms with E-state index < -0.39 is 10.0 Å². The molecule has 1 saturated carbocycles. The normalized spacial score (nSPS) is 22.5. The minimum atomic E-state index is -3.79. The average molecular weight is 498 g/mol. The molecule has 35 heavy (non-hydrogen) atoms. The van der Waals surface area contributed by atoms with Crippen LogP contribution in [0.25, 0.3) is 0 Å². The van der Waals surface area contributed by atoms with Crippen molar-refractivity contribution in [2.75, 3.05) is 37.2 Å². The van der Waals surface area contributed by atoms with E-state index in [0.29, 0.717) is 18.5 Å². The summed E-state index contributed by atoms with van der Waals surface area (Å²) in [5, 5.41) is 3.15. The highest BCUT2D eigenvalue weighted by atomic mass is 32.2. The lowest BCUT2D eigenvalue weighted by Gasteiger charge is -2.48. The number of para-hydroxylation sites is 1. The van der Waals surface area contributed by atoms with E-state index in [1.807, 2.05) is 31.2 Å². The predicted octanol–water partition coefficient (Wildman–Crippen LogP) is 3.59. The molecule has 7 nitrogen and oxygen atoms in total. The number of benzene rings is 2. The molecule has 188 valence electrons. The van der Waals surface area contributed by atoms with Crippen molar-refractivity contribution in [2.45, 2.75) is 61.9 Å². The molecular weight excluding hydrogens is 462 g/mol. The van der Waals surface area contributed by atoms with Crippen LogP contribution in [-0.4, -0.2) is 63.7 Å². The zero-order valence-corrected chi connectivity index (χ0v) is 21.2. The number of hydrogen-bond donors (Lipinski definition) is 1. The van der Waals surface area contributed by atoms with Gasteiger partial charge in [0, 0.05) is 36.8 Å². The summed E-state index contributed by atoms with van der Waals surface area (Å²) in [6, 6.07) is 13.9. The number of carbonyl (C=O) groups excluding carboxylic acids is 1. The molecule has 1 N–H and O–H groups in total. The SMILES string of the molecule is C[C@H]1Cc2ccccc2N1S(=O)(=O)c1cccc(C(=O)NCC2(N3CCOCC3)CCCCC2)c1. The summed E-state index contributed by atoms with van der Waals surface area (Å²) in [5.41, 5.74) is 2.08. The molecular formula is C27H35N3O4S. The third-order valence-corrected chi connectivity index (χ3v) is 9.77. The molecule has 0 radical (unpaired) electrons. The van der Waals surface area contributed by atoms with E-state index in [1.165, 1.54) is 16.8 Å². The molecule has 2 fully saturated rings. The van der Waals surface area contributed by atoms with Crippen molar-refractivity contribution in [3.8, 4) is 0 Å². The van der Waals surface area contributed by atoms with Crippen molar-refractivity contribution in [3.63, 3.8) is 0 Å². The topological polar surface area (TPSA) is 79.0 Å². The smallest absolute Gasteiger partial charge is 0.264 e. The van der Waals surface area contributed by atoms with Crippen LogP contribution in [0.2, 0.25) is 0 Å². The quantitative estimate of drug-likeness (QED) is 0.660. The van der Waals surface area contributed by atoms with E-state index >= 15 is 0 Å². The maximum atomic E-state index is 13.6. The molecule has 2 aliphatic heterocycles. The first kappa shape index (κ1) is 24.3. The number of hydrogen-bond acceptors (Lipinski definition) is 5. The highest BCUT2D eigenvalue weighted by Crippen LogP contribution is 2.37. The van der Waals surface area contributed by atoms with Gasteiger partial charge in [-0.2, -0.15) is 0 Å². The van der Waals surface area contributed by atoms with Crippen molar-refractivity contribution in [1.82, 2.24) is 10.2 Å². The van der Waals surface area contributed by atoms with Crippen LogP contribution in [0.4, 0.5) is 5.69 Å². The number of morpholine rings is 1. The number of sulfonamides is 1. The fourth-order valence-corrected chi connectivity index (χ4v) is 7.75. The minimum Gasteiger partial charge on any atom is -0.379 e. The van der Waals surface area contributed by atoms with Gasteiger partial charge in [-0.1, -0.05) is 43.5 Å². The number of anilines is 1. The Morgan fingerprint density at radius 2 is 1.80 bits per heavy atom. The molecule has 1 atom stereocenters. The summed E-state index contributed by atoms with van der Waals surface area (Å²) in [6.45, 7) is 5.72. The van der Waals surface area contributed by atoms with Gasteiger partial charge in [-0.05, 0) is 56.0 Å². The lowest BCUT2D eigenvalue weighted by Crippen LogP contribution is -2.59. The lowest BCUT2D eigenvalue weighted by molar-refractivity contribution is -0.0361. The Labute approximate surface area is 208 Å². The van der Waals surface area contributed by atoms with Crippen molar-refractivity contribution in [1.29, 1.82) is 0 Å². The monoisotopic (exact) mass is 497 g/mol. The molecule has 2 aromatic rings. The number of nitrogens with zero attached hydrogens (tertiary/aromatic N) is 2. The molecule has 3 aliphatic rings. The van der Waals surface area contributed by atoms with Crippen LogP contribution in [0.1, 0.15) is 54.9 Å². The van der Waals surface area contributed by atoms with Crippen LogP contribution in [0.3, 0.4) is 0 Å². The third kappa shape index (κ3) is 4.71. The van der Waals surface area contributed by atoms with Crippen LogP contribution >= 0.6 is 0 Å². The van der Waals surface area contributed by atoms with E-state index in [-0.39, 0.29) is 22.4 Å². The first-order chi connectivity index (χ1) is 16.9. The highest BCUT2D eigenvalue weighted by Gasteiger charge is 2.39. The molecule has 1 amide bonds. The summed E-state index contributed by atoms with van der Waals surface area (Å²) in [4.78, 5) is 15.8. The predicted molar refractivity (Wildman–Crippen MR) is 136 cm³/mol. The van der Waals surface area contributed by atoms with Gasteiger partial charge in [-0.15, -0.1) is 0 Å². The maximum Gasteiger partial charge on any atom is 0.264 e. The molecule has 2 aromatic carbocycles. The average Bonchev–Trinajstić information content (AvgIpc) is 3.25. The van der Waals surface area contributed by atoms with Gasteiger partial charge in [-0.3, -0.25) is 14.0 Å². The second-order valence-corrected chi connectivity index (χ2v) is 11.9. The first-order valence-electron chi connectivity index (χ1n) is 12.7. The van der Waals surface area contributed by atoms with E-state index in [2.05, 4.69) is 10.2 Å². The van der Waals surface area contributed by atoms with Gasteiger partial charge in [0.05, 0.1) is 23.8 Å². The minimum absolute atomic E-state index is 0.0456. The second-order valence-electron chi connectivity index (χ2n) is 10.1. The Hall–Kier alpha value is -2.42. The summed E-state index contributed by atoms with van der Waals surface area (Å²) in [6.07, 6.45) is 6.37. The molecule has 5 rings (SSSR count). The first-order valence-corrected chi connectivity index (χ1v) is 14.2. The summed E-state index contributed by atoms with van der Waals surface area (Å²) in [5.74, 6) is -0.227. The Morgan fingerprint density at radius 3 is 2.57 bits per heavy atom. The molecule has 2 heterocycles. The fraction of sp³-hybridized carbons (Fsp3) is 0.519. The van der Waals surface area contributed by atoms with Crippen LogP contribution < -0.4 is 9.62 Å². The van der Waals surface area contributed by atoms with Gasteiger partial charge < -0.3 is 10.1 Å². The standard InChI is InChI=1S/C27H35N3O4S/c1-21-18-22-8-3-4-11-25(22)30(21)35(32,33)24-10-7-9-23(19-24)26(31)28-20-27(12-5-2-6-13-27)29-14-16-34-17-15-29/h3-4,7-11,19,21H,2,5-6,12-18,20H2,1H3,(H,28,31)/t21-/m0/s1. The van der Waals surface area contributed by atoms with E-state index in [9.17, 15) is 13.2 Å². The molecule has 0 unspecified atom stereocenters. The van der Waals surface area contributed by atoms with Gasteiger partial charge in [0.25, 0.3) is 15.9 Å². The lowest BCUT2D eigenvalue weighted by atomic mass is 9.79. The van der Waals surface area contributed by atoms with Gasteiger partial charge in [0.1, 0.15) is 0 Å². The Morgan fingerprint density at radius 1 is 1.06 bits per heavy atom. The number of amides is 1. The highest BCUT2D eigenvalue weighted by molar-refractivity contribution is 7.92. The maximum absolute atomic E-state index is 13.6. The molecule has 1 aliphatic carbocycles. The largest absolute Gasteiger partial charge is 0.379 e. The zero-order chi connectivity index (χ0) is 24.5. The number of carbonyl (C=O) groups is 1. The molecule has 1 saturated heterocycles. The summed E-state index contributed by atoms with van der Waals surface area (Å²) in [7, 11) is -3.79. The number of rotatable bonds is 6. The van der Waals surface area contributed by atoms with Gasteiger partial charge in [0.2, 0.25) is 0 Å². The Balaban J connectivity index is 1.34. The van der Waals surface area contributed by atoms with Gasteiger partial charge in [0.15, 0.2) is 0 Å². The Kier molecular flexibility index (Phi) is 6.88.